The number of carbonyl (C=O) groups is 1. The normalized spacial score (nSPS) is 17.3. The molecule has 1 fully saturated rings. The van der Waals surface area contributed by atoms with Crippen molar-refractivity contribution in [2.75, 3.05) is 13.2 Å². The van der Waals surface area contributed by atoms with E-state index in [1.54, 1.807) is 12.1 Å². The molecular weight excluding hydrogens is 306 g/mol. The Hall–Kier alpha value is -1.89. The van der Waals surface area contributed by atoms with Crippen LogP contribution in [0.25, 0.3) is 0 Å². The average molecular weight is 328 g/mol. The molecular formula is C16H22F2N2O3. The predicted molar refractivity (Wildman–Crippen MR) is 81.7 cm³/mol. The largest absolute Gasteiger partial charge is 0.493 e. The number of carbonyl (C=O) groups excluding carboxylic acids is 1. The SMILES string of the molecule is CCCOc1ccc(CNC(=O)C2CCCN2)c(OC(F)F)c1. The van der Waals surface area contributed by atoms with E-state index in [1.807, 2.05) is 6.92 Å². The molecule has 2 N–H and O–H groups in total. The highest BCUT2D eigenvalue weighted by Gasteiger charge is 2.22. The van der Waals surface area contributed by atoms with Gasteiger partial charge < -0.3 is 20.1 Å². The first kappa shape index (κ1) is 17.5. The minimum atomic E-state index is -2.93. The van der Waals surface area contributed by atoms with Gasteiger partial charge in [-0.15, -0.1) is 0 Å². The van der Waals surface area contributed by atoms with E-state index in [2.05, 4.69) is 15.4 Å². The number of hydrogen-bond donors (Lipinski definition) is 2. The molecule has 23 heavy (non-hydrogen) atoms. The fourth-order valence-corrected chi connectivity index (χ4v) is 2.41. The Morgan fingerprint density at radius 1 is 1.48 bits per heavy atom. The molecule has 1 heterocycles. The fourth-order valence-electron chi connectivity index (χ4n) is 2.41. The van der Waals surface area contributed by atoms with Crippen LogP contribution in [0.1, 0.15) is 31.7 Å². The third-order valence-electron chi connectivity index (χ3n) is 3.56. The molecule has 1 unspecified atom stereocenters. The first-order valence-electron chi connectivity index (χ1n) is 7.81. The summed E-state index contributed by atoms with van der Waals surface area (Å²) >= 11 is 0. The van der Waals surface area contributed by atoms with Gasteiger partial charge in [0.2, 0.25) is 5.91 Å². The standard InChI is InChI=1S/C16H22F2N2O3/c1-2-8-22-12-6-5-11(14(9-12)23-16(17)18)10-20-15(21)13-4-3-7-19-13/h5-6,9,13,16,19H,2-4,7-8,10H2,1H3,(H,20,21). The molecule has 0 aliphatic carbocycles. The molecule has 128 valence electrons. The van der Waals surface area contributed by atoms with E-state index in [-0.39, 0.29) is 24.2 Å². The van der Waals surface area contributed by atoms with Crippen LogP contribution in [-0.2, 0) is 11.3 Å². The first-order valence-corrected chi connectivity index (χ1v) is 7.81. The monoisotopic (exact) mass is 328 g/mol. The van der Waals surface area contributed by atoms with Gasteiger partial charge in [0, 0.05) is 18.2 Å². The summed E-state index contributed by atoms with van der Waals surface area (Å²) in [6.45, 7) is 0.478. The molecule has 0 bridgehead atoms. The summed E-state index contributed by atoms with van der Waals surface area (Å²) in [5.41, 5.74) is 0.487. The smallest absolute Gasteiger partial charge is 0.387 e. The van der Waals surface area contributed by atoms with Crippen molar-refractivity contribution in [3.8, 4) is 11.5 Å². The van der Waals surface area contributed by atoms with Crippen LogP contribution >= 0.6 is 0 Å². The van der Waals surface area contributed by atoms with Crippen LogP contribution in [0, 0.1) is 0 Å². The van der Waals surface area contributed by atoms with E-state index < -0.39 is 6.61 Å². The maximum absolute atomic E-state index is 12.6. The minimum Gasteiger partial charge on any atom is -0.493 e. The summed E-state index contributed by atoms with van der Waals surface area (Å²) < 4.78 is 35.1. The molecule has 2 rings (SSSR count). The summed E-state index contributed by atoms with van der Waals surface area (Å²) in [7, 11) is 0. The van der Waals surface area contributed by atoms with Crippen LogP contribution in [0.3, 0.4) is 0 Å². The quantitative estimate of drug-likeness (QED) is 0.769. The number of hydrogen-bond acceptors (Lipinski definition) is 4. The zero-order chi connectivity index (χ0) is 16.7. The van der Waals surface area contributed by atoms with Crippen molar-refractivity contribution in [2.45, 2.75) is 45.4 Å². The molecule has 0 saturated carbocycles. The van der Waals surface area contributed by atoms with Gasteiger partial charge in [-0.2, -0.15) is 8.78 Å². The third-order valence-corrected chi connectivity index (χ3v) is 3.56. The highest BCUT2D eigenvalue weighted by molar-refractivity contribution is 5.82. The average Bonchev–Trinajstić information content (AvgIpc) is 3.05. The Bertz CT molecular complexity index is 520. The van der Waals surface area contributed by atoms with Gasteiger partial charge in [-0.1, -0.05) is 6.92 Å². The summed E-state index contributed by atoms with van der Waals surface area (Å²) in [6, 6.07) is 4.53. The van der Waals surface area contributed by atoms with Crippen LogP contribution in [0.15, 0.2) is 18.2 Å². The molecule has 7 heteroatoms. The minimum absolute atomic E-state index is 0.0216. The molecule has 1 aliphatic rings. The van der Waals surface area contributed by atoms with Crippen molar-refractivity contribution in [3.63, 3.8) is 0 Å². The Morgan fingerprint density at radius 2 is 2.30 bits per heavy atom. The molecule has 0 aromatic heterocycles. The van der Waals surface area contributed by atoms with Crippen LogP contribution in [0.4, 0.5) is 8.78 Å². The van der Waals surface area contributed by atoms with Gasteiger partial charge in [0.05, 0.1) is 12.6 Å². The fraction of sp³-hybridized carbons (Fsp3) is 0.562. The number of amides is 1. The molecule has 5 nitrogen and oxygen atoms in total. The number of alkyl halides is 2. The van der Waals surface area contributed by atoms with Gasteiger partial charge >= 0.3 is 6.61 Å². The van der Waals surface area contributed by atoms with E-state index in [0.717, 1.165) is 25.8 Å². The summed E-state index contributed by atoms with van der Waals surface area (Å²) in [4.78, 5) is 12.0. The molecule has 1 atom stereocenters. The van der Waals surface area contributed by atoms with Crippen molar-refractivity contribution in [3.05, 3.63) is 23.8 Å². The van der Waals surface area contributed by atoms with E-state index in [9.17, 15) is 13.6 Å². The number of rotatable bonds is 8. The number of nitrogens with one attached hydrogen (secondary N) is 2. The molecule has 1 aromatic rings. The second-order valence-electron chi connectivity index (χ2n) is 5.36. The second kappa shape index (κ2) is 8.67. The maximum atomic E-state index is 12.6. The highest BCUT2D eigenvalue weighted by atomic mass is 19.3. The lowest BCUT2D eigenvalue weighted by Crippen LogP contribution is -2.40. The van der Waals surface area contributed by atoms with Gasteiger partial charge in [-0.3, -0.25) is 4.79 Å². The van der Waals surface area contributed by atoms with Gasteiger partial charge in [0.15, 0.2) is 0 Å². The van der Waals surface area contributed by atoms with Gasteiger partial charge in [-0.05, 0) is 37.9 Å². The maximum Gasteiger partial charge on any atom is 0.387 e. The van der Waals surface area contributed by atoms with Crippen molar-refractivity contribution in [1.82, 2.24) is 10.6 Å². The van der Waals surface area contributed by atoms with Gasteiger partial charge in [0.25, 0.3) is 0 Å². The lowest BCUT2D eigenvalue weighted by atomic mass is 10.1. The Kier molecular flexibility index (Phi) is 6.58. The van der Waals surface area contributed by atoms with Gasteiger partial charge in [0.1, 0.15) is 11.5 Å². The molecule has 1 saturated heterocycles. The lowest BCUT2D eigenvalue weighted by molar-refractivity contribution is -0.122. The van der Waals surface area contributed by atoms with E-state index >= 15 is 0 Å². The Labute approximate surface area is 134 Å². The van der Waals surface area contributed by atoms with Crippen LogP contribution in [0.5, 0.6) is 11.5 Å². The zero-order valence-electron chi connectivity index (χ0n) is 13.1. The Morgan fingerprint density at radius 3 is 2.96 bits per heavy atom. The van der Waals surface area contributed by atoms with Crippen molar-refractivity contribution in [1.29, 1.82) is 0 Å². The van der Waals surface area contributed by atoms with Crippen molar-refractivity contribution < 1.29 is 23.0 Å². The molecule has 1 aromatic carbocycles. The van der Waals surface area contributed by atoms with Crippen molar-refractivity contribution >= 4 is 5.91 Å². The zero-order valence-corrected chi connectivity index (χ0v) is 13.1. The Balaban J connectivity index is 2.01. The summed E-state index contributed by atoms with van der Waals surface area (Å²) in [6.07, 6.45) is 2.56. The van der Waals surface area contributed by atoms with Crippen LogP contribution in [-0.4, -0.2) is 31.7 Å². The number of benzene rings is 1. The number of ether oxygens (including phenoxy) is 2. The topological polar surface area (TPSA) is 59.6 Å². The van der Waals surface area contributed by atoms with E-state index in [1.165, 1.54) is 6.07 Å². The summed E-state index contributed by atoms with van der Waals surface area (Å²) in [5.74, 6) is 0.361. The van der Waals surface area contributed by atoms with Crippen LogP contribution < -0.4 is 20.1 Å². The van der Waals surface area contributed by atoms with Crippen molar-refractivity contribution in [2.24, 2.45) is 0 Å². The first-order chi connectivity index (χ1) is 11.1. The lowest BCUT2D eigenvalue weighted by Gasteiger charge is -2.15. The molecule has 0 radical (unpaired) electrons. The highest BCUT2D eigenvalue weighted by Crippen LogP contribution is 2.26. The predicted octanol–water partition coefficient (Wildman–Crippen LogP) is 2.45. The summed E-state index contributed by atoms with van der Waals surface area (Å²) in [5, 5.41) is 5.84. The third kappa shape index (κ3) is 5.35. The van der Waals surface area contributed by atoms with E-state index in [4.69, 9.17) is 4.74 Å². The molecule has 1 aliphatic heterocycles. The second-order valence-corrected chi connectivity index (χ2v) is 5.36. The van der Waals surface area contributed by atoms with Gasteiger partial charge in [-0.25, -0.2) is 0 Å². The van der Waals surface area contributed by atoms with E-state index in [0.29, 0.717) is 17.9 Å². The van der Waals surface area contributed by atoms with Crippen LogP contribution in [0.2, 0.25) is 0 Å². The molecule has 0 spiro atoms. The molecule has 1 amide bonds. The number of halogens is 2.